The Balaban J connectivity index is 1.86. The van der Waals surface area contributed by atoms with Gasteiger partial charge in [-0.1, -0.05) is 13.8 Å². The highest BCUT2D eigenvalue weighted by molar-refractivity contribution is 4.95. The first-order valence-corrected chi connectivity index (χ1v) is 6.19. The van der Waals surface area contributed by atoms with Crippen molar-refractivity contribution < 1.29 is 4.74 Å². The Bertz CT molecular complexity index is 212. The van der Waals surface area contributed by atoms with E-state index >= 15 is 0 Å². The van der Waals surface area contributed by atoms with Crippen molar-refractivity contribution in [3.05, 3.63) is 0 Å². The zero-order chi connectivity index (χ0) is 10.9. The minimum atomic E-state index is 0.313. The summed E-state index contributed by atoms with van der Waals surface area (Å²) in [4.78, 5) is 2.61. The molecule has 0 aromatic carbocycles. The topological polar surface area (TPSA) is 24.5 Å². The average Bonchev–Trinajstić information content (AvgIpc) is 2.74. The van der Waals surface area contributed by atoms with Gasteiger partial charge in [0.1, 0.15) is 0 Å². The van der Waals surface area contributed by atoms with Gasteiger partial charge in [0.25, 0.3) is 0 Å². The van der Waals surface area contributed by atoms with Crippen molar-refractivity contribution in [2.45, 2.75) is 51.2 Å². The summed E-state index contributed by atoms with van der Waals surface area (Å²) in [5, 5.41) is 3.63. The lowest BCUT2D eigenvalue weighted by molar-refractivity contribution is 0.0979. The second-order valence-electron chi connectivity index (χ2n) is 5.55. The van der Waals surface area contributed by atoms with E-state index in [-0.39, 0.29) is 0 Å². The van der Waals surface area contributed by atoms with E-state index in [9.17, 15) is 0 Å². The summed E-state index contributed by atoms with van der Waals surface area (Å²) in [5.41, 5.74) is 0.313. The molecule has 0 bridgehead atoms. The molecule has 0 radical (unpaired) electrons. The van der Waals surface area contributed by atoms with Gasteiger partial charge < -0.3 is 10.1 Å². The maximum absolute atomic E-state index is 5.53. The van der Waals surface area contributed by atoms with E-state index in [0.717, 1.165) is 13.2 Å². The summed E-state index contributed by atoms with van der Waals surface area (Å²) in [6.45, 7) is 11.1. The number of hydrogen-bond donors (Lipinski definition) is 1. The predicted molar refractivity (Wildman–Crippen MR) is 62.1 cm³/mol. The third-order valence-corrected chi connectivity index (χ3v) is 3.72. The second-order valence-corrected chi connectivity index (χ2v) is 5.55. The van der Waals surface area contributed by atoms with E-state index in [2.05, 4.69) is 31.0 Å². The lowest BCUT2D eigenvalue weighted by atomic mass is 10.00. The molecule has 15 heavy (non-hydrogen) atoms. The third kappa shape index (κ3) is 2.52. The lowest BCUT2D eigenvalue weighted by Crippen LogP contribution is -2.47. The van der Waals surface area contributed by atoms with Gasteiger partial charge in [-0.15, -0.1) is 0 Å². The summed E-state index contributed by atoms with van der Waals surface area (Å²) in [7, 11) is 0. The molecule has 2 fully saturated rings. The predicted octanol–water partition coefficient (Wildman–Crippen LogP) is 1.24. The van der Waals surface area contributed by atoms with Gasteiger partial charge in [0.15, 0.2) is 0 Å². The Labute approximate surface area is 93.2 Å². The van der Waals surface area contributed by atoms with Crippen molar-refractivity contribution in [3.63, 3.8) is 0 Å². The standard InChI is InChI=1S/C12H24N2O/c1-10(2)13-11-4-6-14(8-11)12(3)5-7-15-9-12/h10-11,13H,4-9H2,1-3H3. The van der Waals surface area contributed by atoms with E-state index in [1.54, 1.807) is 0 Å². The monoisotopic (exact) mass is 212 g/mol. The molecule has 2 heterocycles. The zero-order valence-electron chi connectivity index (χ0n) is 10.3. The number of hydrogen-bond acceptors (Lipinski definition) is 3. The van der Waals surface area contributed by atoms with Gasteiger partial charge in [-0.3, -0.25) is 4.90 Å². The van der Waals surface area contributed by atoms with Gasteiger partial charge in [0.2, 0.25) is 0 Å². The van der Waals surface area contributed by atoms with Crippen LogP contribution in [0.2, 0.25) is 0 Å². The third-order valence-electron chi connectivity index (χ3n) is 3.72. The largest absolute Gasteiger partial charge is 0.379 e. The number of likely N-dealkylation sites (tertiary alicyclic amines) is 1. The van der Waals surface area contributed by atoms with Crippen LogP contribution in [0, 0.1) is 0 Å². The number of nitrogens with zero attached hydrogens (tertiary/aromatic N) is 1. The SMILES string of the molecule is CC(C)NC1CCN(C2(C)CCOC2)C1. The summed E-state index contributed by atoms with van der Waals surface area (Å²) in [6, 6.07) is 1.28. The normalized spacial score (nSPS) is 38.0. The Kier molecular flexibility index (Phi) is 3.33. The van der Waals surface area contributed by atoms with E-state index in [4.69, 9.17) is 4.74 Å². The van der Waals surface area contributed by atoms with Crippen LogP contribution in [-0.4, -0.2) is 48.8 Å². The van der Waals surface area contributed by atoms with Crippen LogP contribution in [-0.2, 0) is 4.74 Å². The summed E-state index contributed by atoms with van der Waals surface area (Å²) in [6.07, 6.45) is 2.48. The van der Waals surface area contributed by atoms with E-state index < -0.39 is 0 Å². The lowest BCUT2D eigenvalue weighted by Gasteiger charge is -2.34. The molecule has 0 spiro atoms. The van der Waals surface area contributed by atoms with Crippen LogP contribution in [0.4, 0.5) is 0 Å². The Morgan fingerprint density at radius 2 is 2.27 bits per heavy atom. The van der Waals surface area contributed by atoms with Gasteiger partial charge in [-0.25, -0.2) is 0 Å². The van der Waals surface area contributed by atoms with Crippen LogP contribution in [0.15, 0.2) is 0 Å². The smallest absolute Gasteiger partial charge is 0.0648 e. The van der Waals surface area contributed by atoms with Gasteiger partial charge in [0.05, 0.1) is 6.61 Å². The molecule has 1 N–H and O–H groups in total. The number of nitrogens with one attached hydrogen (secondary N) is 1. The molecule has 88 valence electrons. The zero-order valence-corrected chi connectivity index (χ0v) is 10.3. The Morgan fingerprint density at radius 3 is 2.87 bits per heavy atom. The average molecular weight is 212 g/mol. The molecular weight excluding hydrogens is 188 g/mol. The van der Waals surface area contributed by atoms with Crippen LogP contribution >= 0.6 is 0 Å². The Morgan fingerprint density at radius 1 is 1.47 bits per heavy atom. The number of rotatable bonds is 3. The van der Waals surface area contributed by atoms with Gasteiger partial charge in [0, 0.05) is 37.3 Å². The summed E-state index contributed by atoms with van der Waals surface area (Å²) >= 11 is 0. The fourth-order valence-corrected chi connectivity index (χ4v) is 2.76. The molecule has 3 nitrogen and oxygen atoms in total. The summed E-state index contributed by atoms with van der Waals surface area (Å²) in [5.74, 6) is 0. The maximum atomic E-state index is 5.53. The van der Waals surface area contributed by atoms with Crippen LogP contribution in [0.5, 0.6) is 0 Å². The summed E-state index contributed by atoms with van der Waals surface area (Å²) < 4.78 is 5.53. The highest BCUT2D eigenvalue weighted by Gasteiger charge is 2.39. The van der Waals surface area contributed by atoms with Crippen molar-refractivity contribution in [1.82, 2.24) is 10.2 Å². The first kappa shape index (κ1) is 11.4. The molecule has 2 unspecified atom stereocenters. The molecule has 0 aliphatic carbocycles. The molecule has 2 aliphatic rings. The van der Waals surface area contributed by atoms with E-state index in [1.165, 1.54) is 25.9 Å². The second kappa shape index (κ2) is 4.40. The van der Waals surface area contributed by atoms with Crippen LogP contribution in [0.1, 0.15) is 33.6 Å². The molecule has 0 saturated carbocycles. The molecule has 0 aromatic heterocycles. The van der Waals surface area contributed by atoms with Crippen LogP contribution in [0.25, 0.3) is 0 Å². The van der Waals surface area contributed by atoms with Crippen molar-refractivity contribution in [3.8, 4) is 0 Å². The molecule has 3 heteroatoms. The van der Waals surface area contributed by atoms with Crippen molar-refractivity contribution in [2.24, 2.45) is 0 Å². The molecular formula is C12H24N2O. The van der Waals surface area contributed by atoms with Crippen LogP contribution in [0.3, 0.4) is 0 Å². The van der Waals surface area contributed by atoms with Crippen molar-refractivity contribution >= 4 is 0 Å². The Hall–Kier alpha value is -0.120. The molecule has 0 amide bonds. The highest BCUT2D eigenvalue weighted by Crippen LogP contribution is 2.29. The van der Waals surface area contributed by atoms with Gasteiger partial charge in [-0.05, 0) is 19.8 Å². The molecule has 0 aromatic rings. The quantitative estimate of drug-likeness (QED) is 0.762. The minimum Gasteiger partial charge on any atom is -0.379 e. The molecule has 2 atom stereocenters. The van der Waals surface area contributed by atoms with Crippen LogP contribution < -0.4 is 5.32 Å². The van der Waals surface area contributed by atoms with Crippen molar-refractivity contribution in [2.75, 3.05) is 26.3 Å². The first-order valence-electron chi connectivity index (χ1n) is 6.19. The fourth-order valence-electron chi connectivity index (χ4n) is 2.76. The van der Waals surface area contributed by atoms with E-state index in [0.29, 0.717) is 17.6 Å². The molecule has 2 aliphatic heterocycles. The van der Waals surface area contributed by atoms with Gasteiger partial charge in [-0.2, -0.15) is 0 Å². The van der Waals surface area contributed by atoms with Gasteiger partial charge >= 0.3 is 0 Å². The minimum absolute atomic E-state index is 0.313. The molecule has 2 rings (SSSR count). The fraction of sp³-hybridized carbons (Fsp3) is 1.00. The van der Waals surface area contributed by atoms with E-state index in [1.807, 2.05) is 0 Å². The first-order chi connectivity index (χ1) is 7.10. The van der Waals surface area contributed by atoms with Crippen molar-refractivity contribution in [1.29, 1.82) is 0 Å². The molecule has 2 saturated heterocycles. The highest BCUT2D eigenvalue weighted by atomic mass is 16.5. The maximum Gasteiger partial charge on any atom is 0.0648 e. The number of ether oxygens (including phenoxy) is 1.